The van der Waals surface area contributed by atoms with E-state index in [-0.39, 0.29) is 17.6 Å². The maximum atomic E-state index is 13.1. The first-order valence-electron chi connectivity index (χ1n) is 11.7. The molecule has 0 spiro atoms. The molecule has 0 radical (unpaired) electrons. The zero-order chi connectivity index (χ0) is 24.7. The maximum Gasteiger partial charge on any atom is 0.243 e. The van der Waals surface area contributed by atoms with Crippen molar-refractivity contribution in [3.63, 3.8) is 0 Å². The van der Waals surface area contributed by atoms with E-state index in [1.807, 2.05) is 36.4 Å². The van der Waals surface area contributed by atoms with E-state index in [1.165, 1.54) is 4.31 Å². The number of pyridine rings is 1. The highest BCUT2D eigenvalue weighted by Gasteiger charge is 2.32. The number of sulfonamides is 1. The second-order valence-electron chi connectivity index (χ2n) is 8.76. The topological polar surface area (TPSA) is 97.4 Å². The fourth-order valence-corrected chi connectivity index (χ4v) is 6.25. The van der Waals surface area contributed by atoms with Gasteiger partial charge in [-0.15, -0.1) is 0 Å². The van der Waals surface area contributed by atoms with Crippen LogP contribution in [0.1, 0.15) is 24.6 Å². The zero-order valence-corrected chi connectivity index (χ0v) is 20.8. The molecular formula is C26H23ClN4O4S. The van der Waals surface area contributed by atoms with Crippen LogP contribution >= 0.6 is 11.6 Å². The Balaban J connectivity index is 1.28. The fourth-order valence-electron chi connectivity index (χ4n) is 4.66. The molecule has 0 saturated carbocycles. The second-order valence-corrected chi connectivity index (χ2v) is 11.1. The molecule has 1 fully saturated rings. The Labute approximate surface area is 213 Å². The first kappa shape index (κ1) is 23.0. The highest BCUT2D eigenvalue weighted by Crippen LogP contribution is 2.39. The van der Waals surface area contributed by atoms with E-state index < -0.39 is 10.0 Å². The van der Waals surface area contributed by atoms with E-state index >= 15 is 0 Å². The number of nitrogens with zero attached hydrogens (tertiary/aromatic N) is 3. The van der Waals surface area contributed by atoms with Crippen molar-refractivity contribution in [1.29, 1.82) is 0 Å². The Kier molecular flexibility index (Phi) is 5.91. The number of imidazole rings is 1. The van der Waals surface area contributed by atoms with E-state index in [2.05, 4.69) is 9.97 Å². The Morgan fingerprint density at radius 2 is 1.75 bits per heavy atom. The van der Waals surface area contributed by atoms with Crippen LogP contribution in [-0.4, -0.2) is 47.6 Å². The monoisotopic (exact) mass is 522 g/mol. The molecule has 4 aromatic rings. The number of nitrogens with one attached hydrogen (secondary N) is 1. The van der Waals surface area contributed by atoms with Gasteiger partial charge in [-0.05, 0) is 67.4 Å². The Bertz CT molecular complexity index is 1500. The first-order chi connectivity index (χ1) is 17.5. The SMILES string of the molecule is O=S(=O)(c1ccc(Cl)cc1)N1CCC(c2nc(-c3ccc4c(c3)OCO4)c(-c3ccccn3)[nH]2)CC1. The Morgan fingerprint density at radius 3 is 2.50 bits per heavy atom. The summed E-state index contributed by atoms with van der Waals surface area (Å²) in [6.07, 6.45) is 3.06. The Morgan fingerprint density at radius 1 is 0.972 bits per heavy atom. The molecule has 8 nitrogen and oxygen atoms in total. The van der Waals surface area contributed by atoms with Crippen molar-refractivity contribution in [2.45, 2.75) is 23.7 Å². The molecular weight excluding hydrogens is 500 g/mol. The molecule has 4 heterocycles. The quantitative estimate of drug-likeness (QED) is 0.392. The van der Waals surface area contributed by atoms with Gasteiger partial charge in [0.2, 0.25) is 16.8 Å². The summed E-state index contributed by atoms with van der Waals surface area (Å²) in [7, 11) is -3.57. The van der Waals surface area contributed by atoms with Gasteiger partial charge in [-0.25, -0.2) is 13.4 Å². The summed E-state index contributed by atoms with van der Waals surface area (Å²) in [5, 5.41) is 0.507. The number of halogens is 1. The molecule has 0 bridgehead atoms. The van der Waals surface area contributed by atoms with Crippen molar-refractivity contribution in [2.75, 3.05) is 19.9 Å². The first-order valence-corrected chi connectivity index (χ1v) is 13.5. The lowest BCUT2D eigenvalue weighted by molar-refractivity contribution is 0.174. The van der Waals surface area contributed by atoms with Gasteiger partial charge in [-0.1, -0.05) is 17.7 Å². The van der Waals surface area contributed by atoms with Crippen molar-refractivity contribution < 1.29 is 17.9 Å². The number of piperidine rings is 1. The highest BCUT2D eigenvalue weighted by molar-refractivity contribution is 7.89. The van der Waals surface area contributed by atoms with E-state index in [0.29, 0.717) is 42.5 Å². The van der Waals surface area contributed by atoms with Crippen LogP contribution in [0.15, 0.2) is 71.8 Å². The van der Waals surface area contributed by atoms with Gasteiger partial charge in [-0.3, -0.25) is 4.98 Å². The summed E-state index contributed by atoms with van der Waals surface area (Å²) in [5.74, 6) is 2.31. The van der Waals surface area contributed by atoms with Crippen molar-refractivity contribution in [2.24, 2.45) is 0 Å². The molecule has 1 saturated heterocycles. The van der Waals surface area contributed by atoms with Crippen LogP contribution in [0.25, 0.3) is 22.6 Å². The number of aromatic amines is 1. The number of fused-ring (bicyclic) bond motifs is 1. The lowest BCUT2D eigenvalue weighted by Gasteiger charge is -2.30. The number of hydrogen-bond acceptors (Lipinski definition) is 6. The molecule has 0 aliphatic carbocycles. The van der Waals surface area contributed by atoms with Crippen LogP contribution in [0.5, 0.6) is 11.5 Å². The van der Waals surface area contributed by atoms with Crippen LogP contribution in [0.2, 0.25) is 5.02 Å². The summed E-state index contributed by atoms with van der Waals surface area (Å²) < 4.78 is 38.7. The lowest BCUT2D eigenvalue weighted by atomic mass is 9.97. The van der Waals surface area contributed by atoms with Gasteiger partial charge in [0.25, 0.3) is 0 Å². The van der Waals surface area contributed by atoms with E-state index in [9.17, 15) is 8.42 Å². The average Bonchev–Trinajstić information content (AvgIpc) is 3.57. The van der Waals surface area contributed by atoms with Crippen LogP contribution in [0.3, 0.4) is 0 Å². The number of aromatic nitrogens is 3. The molecule has 0 atom stereocenters. The molecule has 2 aliphatic heterocycles. The van der Waals surface area contributed by atoms with Gasteiger partial charge in [0.15, 0.2) is 11.5 Å². The number of hydrogen-bond donors (Lipinski definition) is 1. The number of H-pyrrole nitrogens is 1. The number of rotatable bonds is 5. The molecule has 1 N–H and O–H groups in total. The van der Waals surface area contributed by atoms with Crippen molar-refractivity contribution in [3.8, 4) is 34.1 Å². The van der Waals surface area contributed by atoms with Crippen LogP contribution in [-0.2, 0) is 10.0 Å². The minimum atomic E-state index is -3.57. The Hall–Kier alpha value is -3.40. The third kappa shape index (κ3) is 4.23. The van der Waals surface area contributed by atoms with Crippen LogP contribution < -0.4 is 9.47 Å². The second kappa shape index (κ2) is 9.24. The van der Waals surface area contributed by atoms with Gasteiger partial charge < -0.3 is 14.5 Å². The predicted molar refractivity (Wildman–Crippen MR) is 136 cm³/mol. The minimum Gasteiger partial charge on any atom is -0.454 e. The molecule has 36 heavy (non-hydrogen) atoms. The molecule has 6 rings (SSSR count). The van der Waals surface area contributed by atoms with Gasteiger partial charge in [0.05, 0.1) is 22.0 Å². The van der Waals surface area contributed by atoms with E-state index in [4.69, 9.17) is 26.1 Å². The molecule has 184 valence electrons. The molecule has 0 amide bonds. The summed E-state index contributed by atoms with van der Waals surface area (Å²) >= 11 is 5.93. The summed E-state index contributed by atoms with van der Waals surface area (Å²) in [6, 6.07) is 17.8. The largest absolute Gasteiger partial charge is 0.454 e. The smallest absolute Gasteiger partial charge is 0.243 e. The highest BCUT2D eigenvalue weighted by atomic mass is 35.5. The molecule has 0 unspecified atom stereocenters. The fraction of sp³-hybridized carbons (Fsp3) is 0.231. The predicted octanol–water partition coefficient (Wildman–Crippen LogP) is 5.09. The maximum absolute atomic E-state index is 13.1. The number of benzene rings is 2. The van der Waals surface area contributed by atoms with Crippen molar-refractivity contribution in [1.82, 2.24) is 19.3 Å². The average molecular weight is 523 g/mol. The van der Waals surface area contributed by atoms with Crippen molar-refractivity contribution in [3.05, 3.63) is 77.7 Å². The summed E-state index contributed by atoms with van der Waals surface area (Å²) in [4.78, 5) is 13.3. The van der Waals surface area contributed by atoms with Crippen LogP contribution in [0.4, 0.5) is 0 Å². The third-order valence-corrected chi connectivity index (χ3v) is 8.75. The van der Waals surface area contributed by atoms with Crippen molar-refractivity contribution >= 4 is 21.6 Å². The summed E-state index contributed by atoms with van der Waals surface area (Å²) in [6.45, 7) is 1.03. The molecule has 10 heteroatoms. The van der Waals surface area contributed by atoms with E-state index in [0.717, 1.165) is 28.5 Å². The molecule has 2 aromatic heterocycles. The van der Waals surface area contributed by atoms with Gasteiger partial charge in [0, 0.05) is 35.8 Å². The van der Waals surface area contributed by atoms with E-state index in [1.54, 1.807) is 30.5 Å². The lowest BCUT2D eigenvalue weighted by Crippen LogP contribution is -2.38. The molecule has 2 aromatic carbocycles. The van der Waals surface area contributed by atoms with Gasteiger partial charge in [-0.2, -0.15) is 4.31 Å². The minimum absolute atomic E-state index is 0.0897. The van der Waals surface area contributed by atoms with Gasteiger partial charge >= 0.3 is 0 Å². The third-order valence-electron chi connectivity index (χ3n) is 6.58. The van der Waals surface area contributed by atoms with Gasteiger partial charge in [0.1, 0.15) is 5.82 Å². The zero-order valence-electron chi connectivity index (χ0n) is 19.2. The standard InChI is InChI=1S/C26H23ClN4O4S/c27-19-5-7-20(8-6-19)36(32,33)31-13-10-17(11-14-31)26-29-24(25(30-26)21-3-1-2-12-28-21)18-4-9-22-23(15-18)35-16-34-22/h1-9,12,15,17H,10-11,13-14,16H2,(H,29,30). The van der Waals surface area contributed by atoms with Crippen LogP contribution in [0, 0.1) is 0 Å². The molecule has 2 aliphatic rings. The normalized spacial score (nSPS) is 16.4. The summed E-state index contributed by atoms with van der Waals surface area (Å²) in [5.41, 5.74) is 3.27. The number of ether oxygens (including phenoxy) is 2.